The number of amides is 1. The molecule has 1 saturated carbocycles. The number of nitrogens with zero attached hydrogens (tertiary/aromatic N) is 1. The van der Waals surface area contributed by atoms with Crippen LogP contribution in [0.5, 0.6) is 0 Å². The van der Waals surface area contributed by atoms with Crippen molar-refractivity contribution in [3.63, 3.8) is 0 Å². The first-order valence-corrected chi connectivity index (χ1v) is 7.18. The Bertz CT molecular complexity index is 468. The van der Waals surface area contributed by atoms with Gasteiger partial charge in [0.1, 0.15) is 6.54 Å². The molecule has 0 aliphatic heterocycles. The van der Waals surface area contributed by atoms with Gasteiger partial charge in [0.25, 0.3) is 0 Å². The summed E-state index contributed by atoms with van der Waals surface area (Å²) in [5.74, 6) is -0.803. The van der Waals surface area contributed by atoms with E-state index in [1.165, 1.54) is 4.90 Å². The fourth-order valence-electron chi connectivity index (χ4n) is 2.50. The lowest BCUT2D eigenvalue weighted by Gasteiger charge is -2.23. The maximum Gasteiger partial charge on any atom is 0.323 e. The molecule has 108 valence electrons. The van der Waals surface area contributed by atoms with Crippen molar-refractivity contribution in [2.24, 2.45) is 0 Å². The minimum Gasteiger partial charge on any atom is -0.480 e. The predicted octanol–water partition coefficient (Wildman–Crippen LogP) is 2.65. The van der Waals surface area contributed by atoms with Crippen LogP contribution in [0.2, 0.25) is 0 Å². The van der Waals surface area contributed by atoms with Crippen molar-refractivity contribution < 1.29 is 14.7 Å². The highest BCUT2D eigenvalue weighted by Crippen LogP contribution is 2.30. The van der Waals surface area contributed by atoms with Crippen LogP contribution in [-0.4, -0.2) is 34.5 Å². The van der Waals surface area contributed by atoms with Crippen LogP contribution in [0.1, 0.15) is 44.1 Å². The summed E-state index contributed by atoms with van der Waals surface area (Å²) in [6.07, 6.45) is 3.13. The van der Waals surface area contributed by atoms with E-state index in [0.29, 0.717) is 6.42 Å². The third-order valence-corrected chi connectivity index (χ3v) is 3.80. The van der Waals surface area contributed by atoms with Crippen molar-refractivity contribution in [3.05, 3.63) is 35.9 Å². The number of rotatable bonds is 7. The van der Waals surface area contributed by atoms with Crippen molar-refractivity contribution in [2.45, 2.75) is 44.6 Å². The summed E-state index contributed by atoms with van der Waals surface area (Å²) in [6, 6.07) is 10.1. The first kappa shape index (κ1) is 14.6. The molecule has 1 unspecified atom stereocenters. The molecule has 1 aromatic carbocycles. The maximum absolute atomic E-state index is 12.4. The lowest BCUT2D eigenvalue weighted by molar-refractivity contribution is -0.145. The molecule has 4 heteroatoms. The maximum atomic E-state index is 12.4. The van der Waals surface area contributed by atoms with Crippen LogP contribution in [0, 0.1) is 0 Å². The van der Waals surface area contributed by atoms with Crippen LogP contribution in [0.15, 0.2) is 30.3 Å². The molecule has 0 aromatic heterocycles. The summed E-state index contributed by atoms with van der Waals surface area (Å²) < 4.78 is 0. The van der Waals surface area contributed by atoms with Gasteiger partial charge in [0.2, 0.25) is 5.91 Å². The summed E-state index contributed by atoms with van der Waals surface area (Å²) in [4.78, 5) is 24.8. The second-order valence-corrected chi connectivity index (χ2v) is 5.37. The smallest absolute Gasteiger partial charge is 0.323 e. The highest BCUT2D eigenvalue weighted by Gasteiger charge is 2.34. The standard InChI is InChI=1S/C16H21NO3/c1-2-12(13-6-4-3-5-7-13)10-15(18)17(11-16(19)20)14-8-9-14/h3-7,12,14H,2,8-11H2,1H3,(H,19,20). The predicted molar refractivity (Wildman–Crippen MR) is 76.5 cm³/mol. The Morgan fingerprint density at radius 1 is 1.30 bits per heavy atom. The Morgan fingerprint density at radius 2 is 1.95 bits per heavy atom. The lowest BCUT2D eigenvalue weighted by Crippen LogP contribution is -2.38. The van der Waals surface area contributed by atoms with Crippen LogP contribution in [0.4, 0.5) is 0 Å². The van der Waals surface area contributed by atoms with Gasteiger partial charge in [0.05, 0.1) is 0 Å². The van der Waals surface area contributed by atoms with Crippen molar-refractivity contribution in [1.29, 1.82) is 0 Å². The van der Waals surface area contributed by atoms with E-state index in [0.717, 1.165) is 24.8 Å². The monoisotopic (exact) mass is 275 g/mol. The van der Waals surface area contributed by atoms with Gasteiger partial charge in [-0.15, -0.1) is 0 Å². The van der Waals surface area contributed by atoms with E-state index in [1.54, 1.807) is 0 Å². The van der Waals surface area contributed by atoms with Crippen LogP contribution in [-0.2, 0) is 9.59 Å². The molecule has 0 spiro atoms. The molecule has 1 aliphatic carbocycles. The van der Waals surface area contributed by atoms with E-state index >= 15 is 0 Å². The average molecular weight is 275 g/mol. The second-order valence-electron chi connectivity index (χ2n) is 5.37. The van der Waals surface area contributed by atoms with E-state index in [1.807, 2.05) is 30.3 Å². The van der Waals surface area contributed by atoms with Gasteiger partial charge >= 0.3 is 5.97 Å². The van der Waals surface area contributed by atoms with Crippen molar-refractivity contribution in [1.82, 2.24) is 4.90 Å². The summed E-state index contributed by atoms with van der Waals surface area (Å²) in [5.41, 5.74) is 1.15. The Hall–Kier alpha value is -1.84. The van der Waals surface area contributed by atoms with Crippen molar-refractivity contribution in [3.8, 4) is 0 Å². The van der Waals surface area contributed by atoms with Gasteiger partial charge in [-0.3, -0.25) is 9.59 Å². The lowest BCUT2D eigenvalue weighted by atomic mass is 9.92. The largest absolute Gasteiger partial charge is 0.480 e. The number of carbonyl (C=O) groups is 2. The molecule has 4 nitrogen and oxygen atoms in total. The summed E-state index contributed by atoms with van der Waals surface area (Å²) >= 11 is 0. The van der Waals surface area contributed by atoms with E-state index in [-0.39, 0.29) is 24.4 Å². The van der Waals surface area contributed by atoms with E-state index in [4.69, 9.17) is 5.11 Å². The van der Waals surface area contributed by atoms with E-state index < -0.39 is 5.97 Å². The molecular formula is C16H21NO3. The summed E-state index contributed by atoms with van der Waals surface area (Å²) in [5, 5.41) is 8.92. The number of benzene rings is 1. The quantitative estimate of drug-likeness (QED) is 0.832. The fourth-order valence-corrected chi connectivity index (χ4v) is 2.50. The van der Waals surface area contributed by atoms with Crippen LogP contribution in [0.3, 0.4) is 0 Å². The minimum atomic E-state index is -0.932. The minimum absolute atomic E-state index is 0.0365. The van der Waals surface area contributed by atoms with Gasteiger partial charge in [0, 0.05) is 12.5 Å². The number of carbonyl (C=O) groups excluding carboxylic acids is 1. The highest BCUT2D eigenvalue weighted by molar-refractivity contribution is 5.82. The summed E-state index contributed by atoms with van der Waals surface area (Å²) in [7, 11) is 0. The average Bonchev–Trinajstić information content (AvgIpc) is 3.27. The van der Waals surface area contributed by atoms with Crippen LogP contribution < -0.4 is 0 Å². The first-order chi connectivity index (χ1) is 9.61. The Kier molecular flexibility index (Phi) is 4.77. The third-order valence-electron chi connectivity index (χ3n) is 3.80. The molecule has 1 aromatic rings. The molecule has 0 saturated heterocycles. The second kappa shape index (κ2) is 6.55. The third kappa shape index (κ3) is 3.83. The topological polar surface area (TPSA) is 57.6 Å². The zero-order chi connectivity index (χ0) is 14.5. The van der Waals surface area contributed by atoms with Crippen molar-refractivity contribution in [2.75, 3.05) is 6.54 Å². The van der Waals surface area contributed by atoms with Gasteiger partial charge in [0.15, 0.2) is 0 Å². The Labute approximate surface area is 119 Å². The molecule has 1 N–H and O–H groups in total. The Morgan fingerprint density at radius 3 is 2.45 bits per heavy atom. The van der Waals surface area contributed by atoms with E-state index in [2.05, 4.69) is 6.92 Å². The van der Waals surface area contributed by atoms with Gasteiger partial charge in [-0.1, -0.05) is 37.3 Å². The fraction of sp³-hybridized carbons (Fsp3) is 0.500. The first-order valence-electron chi connectivity index (χ1n) is 7.18. The molecule has 2 rings (SSSR count). The molecule has 0 radical (unpaired) electrons. The molecular weight excluding hydrogens is 254 g/mol. The van der Waals surface area contributed by atoms with Crippen LogP contribution >= 0.6 is 0 Å². The molecule has 1 fully saturated rings. The van der Waals surface area contributed by atoms with Crippen molar-refractivity contribution >= 4 is 11.9 Å². The molecule has 1 amide bonds. The highest BCUT2D eigenvalue weighted by atomic mass is 16.4. The zero-order valence-electron chi connectivity index (χ0n) is 11.8. The molecule has 1 aliphatic rings. The number of carboxylic acids is 1. The number of hydrogen-bond donors (Lipinski definition) is 1. The van der Waals surface area contributed by atoms with Gasteiger partial charge in [-0.2, -0.15) is 0 Å². The normalized spacial score (nSPS) is 15.7. The number of carboxylic acid groups (broad SMARTS) is 1. The zero-order valence-corrected chi connectivity index (χ0v) is 11.8. The molecule has 20 heavy (non-hydrogen) atoms. The van der Waals surface area contributed by atoms with Gasteiger partial charge in [-0.25, -0.2) is 0 Å². The number of aliphatic carboxylic acids is 1. The Balaban J connectivity index is 2.02. The van der Waals surface area contributed by atoms with E-state index in [9.17, 15) is 9.59 Å². The van der Waals surface area contributed by atoms with Gasteiger partial charge in [-0.05, 0) is 30.7 Å². The summed E-state index contributed by atoms with van der Waals surface area (Å²) in [6.45, 7) is 1.89. The number of hydrogen-bond acceptors (Lipinski definition) is 2. The molecule has 1 atom stereocenters. The molecule has 0 heterocycles. The van der Waals surface area contributed by atoms with Gasteiger partial charge < -0.3 is 10.0 Å². The molecule has 0 bridgehead atoms. The SMILES string of the molecule is CCC(CC(=O)N(CC(=O)O)C1CC1)c1ccccc1. The van der Waals surface area contributed by atoms with Crippen LogP contribution in [0.25, 0.3) is 0 Å².